The molecule has 2 atom stereocenters. The van der Waals surface area contributed by atoms with Gasteiger partial charge in [0.2, 0.25) is 0 Å². The molecule has 19 heavy (non-hydrogen) atoms. The highest BCUT2D eigenvalue weighted by Gasteiger charge is 2.30. The molecule has 0 radical (unpaired) electrons. The molecule has 1 aliphatic rings. The van der Waals surface area contributed by atoms with E-state index in [4.69, 9.17) is 0 Å². The Balaban J connectivity index is 1.97. The minimum Gasteiger partial charge on any atom is -0.313 e. The van der Waals surface area contributed by atoms with E-state index in [0.29, 0.717) is 12.0 Å². The first-order valence-corrected chi connectivity index (χ1v) is 7.72. The molecular formula is C17H28N2. The lowest BCUT2D eigenvalue weighted by molar-refractivity contribution is 0.205. The van der Waals surface area contributed by atoms with Crippen molar-refractivity contribution in [3.05, 3.63) is 35.9 Å². The number of rotatable bonds is 8. The van der Waals surface area contributed by atoms with Crippen LogP contribution in [-0.2, 0) is 0 Å². The summed E-state index contributed by atoms with van der Waals surface area (Å²) in [5.74, 6) is 0.638. The predicted octanol–water partition coefficient (Wildman–Crippen LogP) is 3.46. The molecule has 106 valence electrons. The predicted molar refractivity (Wildman–Crippen MR) is 82.3 cm³/mol. The molecule has 2 unspecified atom stereocenters. The van der Waals surface area contributed by atoms with E-state index in [9.17, 15) is 0 Å². The molecule has 1 aliphatic carbocycles. The zero-order chi connectivity index (χ0) is 13.7. The van der Waals surface area contributed by atoms with Crippen LogP contribution in [0.5, 0.6) is 0 Å². The van der Waals surface area contributed by atoms with Crippen LogP contribution in [0.25, 0.3) is 0 Å². The van der Waals surface area contributed by atoms with Gasteiger partial charge in [-0.05, 0) is 44.3 Å². The topological polar surface area (TPSA) is 15.3 Å². The Morgan fingerprint density at radius 2 is 1.95 bits per heavy atom. The fraction of sp³-hybridized carbons (Fsp3) is 0.647. The van der Waals surface area contributed by atoms with Crippen LogP contribution in [0.4, 0.5) is 0 Å². The summed E-state index contributed by atoms with van der Waals surface area (Å²) >= 11 is 0. The molecule has 0 amide bonds. The maximum atomic E-state index is 3.50. The third-order valence-corrected chi connectivity index (χ3v) is 4.14. The van der Waals surface area contributed by atoms with Gasteiger partial charge in [0.05, 0.1) is 0 Å². The van der Waals surface area contributed by atoms with Gasteiger partial charge in [0.1, 0.15) is 0 Å². The van der Waals surface area contributed by atoms with Gasteiger partial charge in [-0.15, -0.1) is 0 Å². The van der Waals surface area contributed by atoms with Gasteiger partial charge in [0.15, 0.2) is 0 Å². The Bertz CT molecular complexity index is 359. The van der Waals surface area contributed by atoms with Crippen LogP contribution in [-0.4, -0.2) is 31.1 Å². The second-order valence-corrected chi connectivity index (χ2v) is 5.88. The van der Waals surface area contributed by atoms with Crippen molar-refractivity contribution in [2.24, 2.45) is 5.92 Å². The van der Waals surface area contributed by atoms with Gasteiger partial charge in [-0.2, -0.15) is 0 Å². The smallest absolute Gasteiger partial charge is 0.0355 e. The second-order valence-electron chi connectivity index (χ2n) is 5.88. The molecule has 1 aromatic rings. The van der Waals surface area contributed by atoms with Crippen molar-refractivity contribution in [3.8, 4) is 0 Å². The number of nitrogens with zero attached hydrogens (tertiary/aromatic N) is 1. The lowest BCUT2D eigenvalue weighted by Crippen LogP contribution is -2.36. The van der Waals surface area contributed by atoms with Crippen LogP contribution >= 0.6 is 0 Å². The standard InChI is InChI=1S/C17H28N2/c1-4-12-19(16-10-11-16)13-14(2)17(18-3)15-8-6-5-7-9-15/h5-9,14,16-18H,4,10-13H2,1-3H3. The van der Waals surface area contributed by atoms with Gasteiger partial charge in [-0.3, -0.25) is 0 Å². The van der Waals surface area contributed by atoms with Crippen LogP contribution in [0.15, 0.2) is 30.3 Å². The highest BCUT2D eigenvalue weighted by atomic mass is 15.2. The largest absolute Gasteiger partial charge is 0.313 e. The molecule has 2 rings (SSSR count). The Morgan fingerprint density at radius 1 is 1.26 bits per heavy atom. The maximum absolute atomic E-state index is 3.50. The van der Waals surface area contributed by atoms with E-state index in [2.05, 4.69) is 61.4 Å². The molecule has 2 heteroatoms. The molecular weight excluding hydrogens is 232 g/mol. The van der Waals surface area contributed by atoms with Gasteiger partial charge in [-0.25, -0.2) is 0 Å². The van der Waals surface area contributed by atoms with Crippen molar-refractivity contribution in [2.75, 3.05) is 20.1 Å². The molecule has 1 aromatic carbocycles. The fourth-order valence-electron chi connectivity index (χ4n) is 3.07. The number of nitrogens with one attached hydrogen (secondary N) is 1. The van der Waals surface area contributed by atoms with Crippen molar-refractivity contribution < 1.29 is 0 Å². The quantitative estimate of drug-likeness (QED) is 0.770. The van der Waals surface area contributed by atoms with Crippen molar-refractivity contribution in [1.82, 2.24) is 10.2 Å². The zero-order valence-corrected chi connectivity index (χ0v) is 12.6. The van der Waals surface area contributed by atoms with Gasteiger partial charge in [0, 0.05) is 18.6 Å². The maximum Gasteiger partial charge on any atom is 0.0355 e. The molecule has 1 N–H and O–H groups in total. The van der Waals surface area contributed by atoms with E-state index < -0.39 is 0 Å². The molecule has 0 saturated heterocycles. The lowest BCUT2D eigenvalue weighted by Gasteiger charge is -2.30. The van der Waals surface area contributed by atoms with E-state index in [1.54, 1.807) is 0 Å². The molecule has 0 heterocycles. The number of hydrogen-bond acceptors (Lipinski definition) is 2. The molecule has 1 saturated carbocycles. The van der Waals surface area contributed by atoms with Crippen molar-refractivity contribution >= 4 is 0 Å². The monoisotopic (exact) mass is 260 g/mol. The zero-order valence-electron chi connectivity index (χ0n) is 12.6. The Labute approximate surface area is 118 Å². The summed E-state index contributed by atoms with van der Waals surface area (Å²) in [6.45, 7) is 7.12. The molecule has 0 spiro atoms. The van der Waals surface area contributed by atoms with E-state index in [-0.39, 0.29) is 0 Å². The molecule has 0 aromatic heterocycles. The summed E-state index contributed by atoms with van der Waals surface area (Å²) < 4.78 is 0. The average Bonchev–Trinajstić information content (AvgIpc) is 3.25. The highest BCUT2D eigenvalue weighted by Crippen LogP contribution is 2.30. The molecule has 0 bridgehead atoms. The van der Waals surface area contributed by atoms with E-state index >= 15 is 0 Å². The van der Waals surface area contributed by atoms with Gasteiger partial charge in [0.25, 0.3) is 0 Å². The highest BCUT2D eigenvalue weighted by molar-refractivity contribution is 5.19. The van der Waals surface area contributed by atoms with Crippen LogP contribution in [0.1, 0.15) is 44.7 Å². The summed E-state index contributed by atoms with van der Waals surface area (Å²) in [6.07, 6.45) is 4.07. The minimum atomic E-state index is 0.458. The SMILES string of the molecule is CCCN(CC(C)C(NC)c1ccccc1)C1CC1. The minimum absolute atomic E-state index is 0.458. The Kier molecular flexibility index (Phi) is 5.41. The lowest BCUT2D eigenvalue weighted by atomic mass is 9.94. The summed E-state index contributed by atoms with van der Waals surface area (Å²) in [7, 11) is 2.08. The summed E-state index contributed by atoms with van der Waals surface area (Å²) in [4.78, 5) is 2.69. The Hall–Kier alpha value is -0.860. The number of hydrogen-bond donors (Lipinski definition) is 1. The van der Waals surface area contributed by atoms with Crippen LogP contribution in [0, 0.1) is 5.92 Å². The van der Waals surface area contributed by atoms with Crippen molar-refractivity contribution in [3.63, 3.8) is 0 Å². The summed E-state index contributed by atoms with van der Waals surface area (Å²) in [6, 6.07) is 12.2. The van der Waals surface area contributed by atoms with Crippen molar-refractivity contribution in [1.29, 1.82) is 0 Å². The summed E-state index contributed by atoms with van der Waals surface area (Å²) in [5.41, 5.74) is 1.41. The van der Waals surface area contributed by atoms with Crippen LogP contribution in [0.2, 0.25) is 0 Å². The van der Waals surface area contributed by atoms with Crippen LogP contribution in [0.3, 0.4) is 0 Å². The Morgan fingerprint density at radius 3 is 2.47 bits per heavy atom. The molecule has 2 nitrogen and oxygen atoms in total. The third-order valence-electron chi connectivity index (χ3n) is 4.14. The van der Waals surface area contributed by atoms with E-state index in [1.165, 1.54) is 37.9 Å². The second kappa shape index (κ2) is 7.06. The first-order chi connectivity index (χ1) is 9.26. The first-order valence-electron chi connectivity index (χ1n) is 7.72. The van der Waals surface area contributed by atoms with E-state index in [1.807, 2.05) is 0 Å². The first kappa shape index (κ1) is 14.5. The fourth-order valence-corrected chi connectivity index (χ4v) is 3.07. The van der Waals surface area contributed by atoms with E-state index in [0.717, 1.165) is 6.04 Å². The van der Waals surface area contributed by atoms with Crippen LogP contribution < -0.4 is 5.32 Å². The third kappa shape index (κ3) is 4.05. The van der Waals surface area contributed by atoms with Crippen molar-refractivity contribution in [2.45, 2.75) is 45.2 Å². The summed E-state index contributed by atoms with van der Waals surface area (Å²) in [5, 5.41) is 3.50. The molecule has 1 fully saturated rings. The van der Waals surface area contributed by atoms with Gasteiger partial charge < -0.3 is 10.2 Å². The van der Waals surface area contributed by atoms with Gasteiger partial charge >= 0.3 is 0 Å². The normalized spacial score (nSPS) is 18.5. The van der Waals surface area contributed by atoms with Gasteiger partial charge in [-0.1, -0.05) is 44.2 Å². The average molecular weight is 260 g/mol. The molecule has 0 aliphatic heterocycles. The number of benzene rings is 1.